The summed E-state index contributed by atoms with van der Waals surface area (Å²) in [6, 6.07) is 4.11. The molecule has 2 aromatic rings. The number of aliphatic hydroxyl groups is 1. The molecule has 0 saturated carbocycles. The summed E-state index contributed by atoms with van der Waals surface area (Å²) in [5.41, 5.74) is 0.994. The first-order chi connectivity index (χ1) is 6.22. The quantitative estimate of drug-likeness (QED) is 0.610. The maximum absolute atomic E-state index is 9.09. The highest BCUT2D eigenvalue weighted by atomic mass is 127. The van der Waals surface area contributed by atoms with Crippen LogP contribution in [0.15, 0.2) is 22.4 Å². The number of hydrogen-bond donors (Lipinski definition) is 2. The molecule has 0 atom stereocenters. The van der Waals surface area contributed by atoms with Gasteiger partial charge in [-0.1, -0.05) is 0 Å². The lowest BCUT2D eigenvalue weighted by molar-refractivity contribution is 0.284. The Morgan fingerprint density at radius 1 is 1.46 bits per heavy atom. The first-order valence-electron chi connectivity index (χ1n) is 3.72. The van der Waals surface area contributed by atoms with Crippen LogP contribution in [-0.4, -0.2) is 5.11 Å². The molecule has 4 heteroatoms. The smallest absolute Gasteiger partial charge is 0.0696 e. The van der Waals surface area contributed by atoms with Gasteiger partial charge in [-0.25, -0.2) is 0 Å². The van der Waals surface area contributed by atoms with E-state index in [-0.39, 0.29) is 6.61 Å². The molecule has 0 radical (unpaired) electrons. The van der Waals surface area contributed by atoms with Gasteiger partial charge in [0, 0.05) is 18.6 Å². The average molecular weight is 322 g/mol. The second-order valence-electron chi connectivity index (χ2n) is 2.72. The standard InChI is InChI=1S/C9H7IOS2/c10-6-1-7-5(3-11)4-13-9(7)8(12)2-6/h1-2,4,11-12H,3H2. The highest BCUT2D eigenvalue weighted by Gasteiger charge is 2.06. The van der Waals surface area contributed by atoms with Gasteiger partial charge in [0.1, 0.15) is 0 Å². The third-order valence-electron chi connectivity index (χ3n) is 1.87. The molecule has 1 aromatic carbocycles. The molecule has 1 heterocycles. The number of thiophene rings is 1. The molecule has 1 aromatic heterocycles. The molecule has 13 heavy (non-hydrogen) atoms. The van der Waals surface area contributed by atoms with Crippen molar-refractivity contribution in [1.29, 1.82) is 0 Å². The summed E-state index contributed by atoms with van der Waals surface area (Å²) in [6.45, 7) is 0.104. The maximum atomic E-state index is 9.09. The largest absolute Gasteiger partial charge is 0.392 e. The SMILES string of the molecule is OCc1csc2c(S)cc(I)cc12. The highest BCUT2D eigenvalue weighted by Crippen LogP contribution is 2.32. The Hall–Kier alpha value is 0.220. The molecule has 68 valence electrons. The van der Waals surface area contributed by atoms with Gasteiger partial charge in [-0.2, -0.15) is 0 Å². The molecule has 1 nitrogen and oxygen atoms in total. The zero-order valence-corrected chi connectivity index (χ0v) is 10.5. The van der Waals surface area contributed by atoms with Crippen molar-refractivity contribution in [3.8, 4) is 0 Å². The normalized spacial score (nSPS) is 11.0. The van der Waals surface area contributed by atoms with Crippen molar-refractivity contribution in [3.63, 3.8) is 0 Å². The van der Waals surface area contributed by atoms with E-state index in [2.05, 4.69) is 41.3 Å². The Balaban J connectivity index is 2.82. The lowest BCUT2D eigenvalue weighted by atomic mass is 10.2. The van der Waals surface area contributed by atoms with E-state index < -0.39 is 0 Å². The number of rotatable bonds is 1. The fourth-order valence-corrected chi connectivity index (χ4v) is 3.50. The Labute approximate surface area is 99.3 Å². The van der Waals surface area contributed by atoms with E-state index in [1.165, 1.54) is 0 Å². The zero-order chi connectivity index (χ0) is 9.42. The number of aliphatic hydroxyl groups excluding tert-OH is 1. The maximum Gasteiger partial charge on any atom is 0.0696 e. The molecular weight excluding hydrogens is 315 g/mol. The number of hydrogen-bond acceptors (Lipinski definition) is 3. The second kappa shape index (κ2) is 3.76. The van der Waals surface area contributed by atoms with E-state index >= 15 is 0 Å². The molecule has 0 spiro atoms. The number of fused-ring (bicyclic) bond motifs is 1. The van der Waals surface area contributed by atoms with Gasteiger partial charge in [-0.15, -0.1) is 24.0 Å². The molecular formula is C9H7IOS2. The van der Waals surface area contributed by atoms with Crippen molar-refractivity contribution in [3.05, 3.63) is 26.6 Å². The molecule has 0 bridgehead atoms. The summed E-state index contributed by atoms with van der Waals surface area (Å²) in [4.78, 5) is 0.992. The molecule has 0 aliphatic heterocycles. The fraction of sp³-hybridized carbons (Fsp3) is 0.111. The summed E-state index contributed by atoms with van der Waals surface area (Å²) in [7, 11) is 0. The molecule has 0 amide bonds. The van der Waals surface area contributed by atoms with Crippen molar-refractivity contribution < 1.29 is 5.11 Å². The lowest BCUT2D eigenvalue weighted by Gasteiger charge is -1.98. The summed E-state index contributed by atoms with van der Waals surface area (Å²) in [5, 5.41) is 12.2. The minimum absolute atomic E-state index is 0.104. The van der Waals surface area contributed by atoms with Crippen LogP contribution in [0, 0.1) is 3.57 Å². The van der Waals surface area contributed by atoms with Crippen LogP contribution in [0.25, 0.3) is 10.1 Å². The van der Waals surface area contributed by atoms with E-state index in [4.69, 9.17) is 5.11 Å². The summed E-state index contributed by atoms with van der Waals surface area (Å²) in [6.07, 6.45) is 0. The summed E-state index contributed by atoms with van der Waals surface area (Å²) in [5.74, 6) is 0. The Morgan fingerprint density at radius 2 is 2.23 bits per heavy atom. The molecule has 1 N–H and O–H groups in total. The Kier molecular flexibility index (Phi) is 2.83. The minimum atomic E-state index is 0.104. The van der Waals surface area contributed by atoms with Crippen LogP contribution in [-0.2, 0) is 6.61 Å². The van der Waals surface area contributed by atoms with Gasteiger partial charge >= 0.3 is 0 Å². The first-order valence-corrected chi connectivity index (χ1v) is 6.12. The van der Waals surface area contributed by atoms with Crippen LogP contribution < -0.4 is 0 Å². The third-order valence-corrected chi connectivity index (χ3v) is 4.07. The molecule has 2 rings (SSSR count). The van der Waals surface area contributed by atoms with Crippen molar-refractivity contribution in [2.24, 2.45) is 0 Å². The summed E-state index contributed by atoms with van der Waals surface area (Å²) < 4.78 is 2.32. The van der Waals surface area contributed by atoms with Crippen molar-refractivity contribution >= 4 is 56.6 Å². The van der Waals surface area contributed by atoms with Crippen LogP contribution in [0.1, 0.15) is 5.56 Å². The highest BCUT2D eigenvalue weighted by molar-refractivity contribution is 14.1. The first kappa shape index (κ1) is 9.76. The number of benzene rings is 1. The molecule has 0 unspecified atom stereocenters. The Morgan fingerprint density at radius 3 is 2.92 bits per heavy atom. The van der Waals surface area contributed by atoms with Crippen LogP contribution >= 0.6 is 46.6 Å². The monoisotopic (exact) mass is 322 g/mol. The van der Waals surface area contributed by atoms with E-state index in [1.807, 2.05) is 11.4 Å². The molecule has 0 aliphatic rings. The second-order valence-corrected chi connectivity index (χ2v) is 5.33. The fourth-order valence-electron chi connectivity index (χ4n) is 1.26. The number of thiol groups is 1. The van der Waals surface area contributed by atoms with Crippen LogP contribution in [0.4, 0.5) is 0 Å². The predicted octanol–water partition coefficient (Wildman–Crippen LogP) is 3.29. The topological polar surface area (TPSA) is 20.2 Å². The van der Waals surface area contributed by atoms with Gasteiger partial charge in [0.15, 0.2) is 0 Å². The van der Waals surface area contributed by atoms with Gasteiger partial charge in [0.25, 0.3) is 0 Å². The van der Waals surface area contributed by atoms with Gasteiger partial charge in [-0.05, 0) is 45.7 Å². The van der Waals surface area contributed by atoms with Crippen LogP contribution in [0.5, 0.6) is 0 Å². The van der Waals surface area contributed by atoms with Crippen molar-refractivity contribution in [2.75, 3.05) is 0 Å². The van der Waals surface area contributed by atoms with Crippen molar-refractivity contribution in [2.45, 2.75) is 11.5 Å². The Bertz CT molecular complexity index is 450. The molecule has 0 saturated heterocycles. The van der Waals surface area contributed by atoms with E-state index in [0.29, 0.717) is 0 Å². The van der Waals surface area contributed by atoms with E-state index in [1.54, 1.807) is 11.3 Å². The van der Waals surface area contributed by atoms with Gasteiger partial charge < -0.3 is 5.11 Å². The predicted molar refractivity (Wildman–Crippen MR) is 67.7 cm³/mol. The average Bonchev–Trinajstić information content (AvgIpc) is 2.47. The minimum Gasteiger partial charge on any atom is -0.392 e. The number of halogens is 1. The summed E-state index contributed by atoms with van der Waals surface area (Å²) >= 11 is 8.29. The van der Waals surface area contributed by atoms with Crippen LogP contribution in [0.2, 0.25) is 0 Å². The van der Waals surface area contributed by atoms with E-state index in [0.717, 1.165) is 24.1 Å². The lowest BCUT2D eigenvalue weighted by Crippen LogP contribution is -1.80. The van der Waals surface area contributed by atoms with Crippen molar-refractivity contribution in [1.82, 2.24) is 0 Å². The molecule has 0 aliphatic carbocycles. The molecule has 0 fully saturated rings. The van der Waals surface area contributed by atoms with E-state index in [9.17, 15) is 0 Å². The van der Waals surface area contributed by atoms with Gasteiger partial charge in [0.05, 0.1) is 6.61 Å². The van der Waals surface area contributed by atoms with Gasteiger partial charge in [0.2, 0.25) is 0 Å². The third kappa shape index (κ3) is 1.72. The zero-order valence-electron chi connectivity index (χ0n) is 6.62. The van der Waals surface area contributed by atoms with Gasteiger partial charge in [-0.3, -0.25) is 0 Å². The van der Waals surface area contributed by atoms with Crippen LogP contribution in [0.3, 0.4) is 0 Å².